The molecule has 0 aromatic heterocycles. The van der Waals surface area contributed by atoms with Gasteiger partial charge >= 0.3 is 0 Å². The van der Waals surface area contributed by atoms with Crippen LogP contribution in [-0.4, -0.2) is 23.8 Å². The molecule has 3 nitrogen and oxygen atoms in total. The van der Waals surface area contributed by atoms with Crippen molar-refractivity contribution in [2.45, 2.75) is 25.9 Å². The van der Waals surface area contributed by atoms with Crippen molar-refractivity contribution in [3.63, 3.8) is 0 Å². The van der Waals surface area contributed by atoms with Gasteiger partial charge in [-0.3, -0.25) is 10.3 Å². The van der Waals surface area contributed by atoms with E-state index in [4.69, 9.17) is 22.7 Å². The minimum atomic E-state index is -0.408. The molecule has 17 heavy (non-hydrogen) atoms. The number of benzene rings is 1. The lowest BCUT2D eigenvalue weighted by Gasteiger charge is -2.24. The smallest absolute Gasteiger partial charge is 0.141 e. The third-order valence-electron chi connectivity index (χ3n) is 2.68. The van der Waals surface area contributed by atoms with Crippen LogP contribution in [0.5, 0.6) is 0 Å². The highest BCUT2D eigenvalue weighted by molar-refractivity contribution is 6.30. The van der Waals surface area contributed by atoms with Crippen molar-refractivity contribution in [1.82, 2.24) is 4.90 Å². The summed E-state index contributed by atoms with van der Waals surface area (Å²) in [5.41, 5.74) is 6.29. The van der Waals surface area contributed by atoms with Gasteiger partial charge < -0.3 is 5.73 Å². The van der Waals surface area contributed by atoms with Crippen LogP contribution in [0.3, 0.4) is 0 Å². The molecule has 0 aliphatic carbocycles. The van der Waals surface area contributed by atoms with Crippen molar-refractivity contribution >= 4 is 17.4 Å². The molecule has 1 aromatic carbocycles. The Bertz CT molecular complexity index is 409. The maximum atomic E-state index is 13.0. The number of hydrogen-bond acceptors (Lipinski definition) is 2. The molecule has 1 unspecified atom stereocenters. The molecule has 1 rings (SSSR count). The molecule has 1 aromatic rings. The zero-order valence-corrected chi connectivity index (χ0v) is 10.8. The number of nitrogens with one attached hydrogen (secondary N) is 1. The molecule has 0 bridgehead atoms. The largest absolute Gasteiger partial charge is 0.388 e. The normalized spacial score (nSPS) is 12.8. The van der Waals surface area contributed by atoms with E-state index < -0.39 is 5.82 Å². The quantitative estimate of drug-likeness (QED) is 0.629. The molecular weight excluding hydrogens is 241 g/mol. The molecule has 94 valence electrons. The number of rotatable bonds is 5. The van der Waals surface area contributed by atoms with Crippen LogP contribution in [0.15, 0.2) is 18.2 Å². The first-order chi connectivity index (χ1) is 7.90. The van der Waals surface area contributed by atoms with E-state index >= 15 is 0 Å². The molecule has 0 aliphatic heterocycles. The van der Waals surface area contributed by atoms with Gasteiger partial charge in [-0.1, -0.05) is 17.7 Å². The van der Waals surface area contributed by atoms with Crippen LogP contribution in [0.4, 0.5) is 4.39 Å². The molecule has 1 atom stereocenters. The van der Waals surface area contributed by atoms with Crippen LogP contribution in [0.2, 0.25) is 5.02 Å². The van der Waals surface area contributed by atoms with E-state index in [0.29, 0.717) is 13.0 Å². The molecule has 0 spiro atoms. The molecule has 0 heterocycles. The van der Waals surface area contributed by atoms with Crippen molar-refractivity contribution < 1.29 is 4.39 Å². The molecular formula is C12H17ClFN3. The third-order valence-corrected chi connectivity index (χ3v) is 2.97. The summed E-state index contributed by atoms with van der Waals surface area (Å²) in [5, 5.41) is 7.37. The average Bonchev–Trinajstić information content (AvgIpc) is 2.22. The van der Waals surface area contributed by atoms with Gasteiger partial charge in [0.1, 0.15) is 5.82 Å². The zero-order chi connectivity index (χ0) is 13.0. The van der Waals surface area contributed by atoms with E-state index in [-0.39, 0.29) is 16.9 Å². The maximum absolute atomic E-state index is 13.0. The van der Waals surface area contributed by atoms with Gasteiger partial charge in [0.25, 0.3) is 0 Å². The van der Waals surface area contributed by atoms with E-state index in [1.165, 1.54) is 6.07 Å². The first kappa shape index (κ1) is 13.9. The predicted octanol–water partition coefficient (Wildman–Crippen LogP) is 2.63. The summed E-state index contributed by atoms with van der Waals surface area (Å²) in [6.07, 6.45) is 0.519. The van der Waals surface area contributed by atoms with Gasteiger partial charge in [-0.2, -0.15) is 0 Å². The van der Waals surface area contributed by atoms with E-state index in [9.17, 15) is 4.39 Å². The fourth-order valence-corrected chi connectivity index (χ4v) is 1.76. The summed E-state index contributed by atoms with van der Waals surface area (Å²) in [4.78, 5) is 2.05. The minimum Gasteiger partial charge on any atom is -0.388 e. The van der Waals surface area contributed by atoms with Crippen molar-refractivity contribution in [2.24, 2.45) is 5.73 Å². The molecule has 5 heteroatoms. The van der Waals surface area contributed by atoms with Crippen LogP contribution in [0.25, 0.3) is 0 Å². The van der Waals surface area contributed by atoms with Gasteiger partial charge in [0.15, 0.2) is 0 Å². The highest BCUT2D eigenvalue weighted by Gasteiger charge is 2.11. The summed E-state index contributed by atoms with van der Waals surface area (Å²) in [6.45, 7) is 2.64. The van der Waals surface area contributed by atoms with Crippen LogP contribution < -0.4 is 5.73 Å². The fourth-order valence-electron chi connectivity index (χ4n) is 1.56. The second kappa shape index (κ2) is 5.98. The lowest BCUT2D eigenvalue weighted by atomic mass is 10.1. The van der Waals surface area contributed by atoms with Crippen LogP contribution >= 0.6 is 11.6 Å². The Labute approximate surface area is 106 Å². The monoisotopic (exact) mass is 257 g/mol. The van der Waals surface area contributed by atoms with E-state index in [0.717, 1.165) is 5.56 Å². The molecule has 0 amide bonds. The van der Waals surface area contributed by atoms with Gasteiger partial charge in [0.2, 0.25) is 0 Å². The Morgan fingerprint density at radius 3 is 2.76 bits per heavy atom. The van der Waals surface area contributed by atoms with Crippen LogP contribution in [0.1, 0.15) is 18.9 Å². The molecule has 0 saturated carbocycles. The third kappa shape index (κ3) is 4.32. The van der Waals surface area contributed by atoms with Crippen molar-refractivity contribution in [3.8, 4) is 0 Å². The standard InChI is InChI=1S/C12H17ClFN3/c1-8(5-12(15)16)17(2)7-9-3-4-11(14)10(13)6-9/h3-4,6,8H,5,7H2,1-2H3,(H3,15,16). The SMILES string of the molecule is CC(CC(=N)N)N(C)Cc1ccc(F)c(Cl)c1. The summed E-state index contributed by atoms with van der Waals surface area (Å²) in [7, 11) is 1.94. The Balaban J connectivity index is 2.64. The first-order valence-electron chi connectivity index (χ1n) is 5.37. The number of hydrogen-bond donors (Lipinski definition) is 2. The Hall–Kier alpha value is -1.13. The van der Waals surface area contributed by atoms with Crippen LogP contribution in [0, 0.1) is 11.2 Å². The number of nitrogens with two attached hydrogens (primary N) is 1. The Morgan fingerprint density at radius 1 is 1.59 bits per heavy atom. The van der Waals surface area contributed by atoms with E-state index in [1.807, 2.05) is 18.9 Å². The number of amidine groups is 1. The topological polar surface area (TPSA) is 53.1 Å². The van der Waals surface area contributed by atoms with E-state index in [1.54, 1.807) is 12.1 Å². The first-order valence-corrected chi connectivity index (χ1v) is 5.75. The summed E-state index contributed by atoms with van der Waals surface area (Å²) in [5.74, 6) is -0.239. The van der Waals surface area contributed by atoms with Crippen LogP contribution in [-0.2, 0) is 6.54 Å². The molecule has 0 aliphatic rings. The molecule has 0 radical (unpaired) electrons. The van der Waals surface area contributed by atoms with Gasteiger partial charge in [-0.25, -0.2) is 4.39 Å². The highest BCUT2D eigenvalue weighted by Crippen LogP contribution is 2.17. The van der Waals surface area contributed by atoms with E-state index in [2.05, 4.69) is 0 Å². The summed E-state index contributed by atoms with van der Waals surface area (Å²) < 4.78 is 13.0. The van der Waals surface area contributed by atoms with Gasteiger partial charge in [0, 0.05) is 19.0 Å². The Kier molecular flexibility index (Phi) is 4.90. The van der Waals surface area contributed by atoms with Gasteiger partial charge in [0.05, 0.1) is 10.9 Å². The fraction of sp³-hybridized carbons (Fsp3) is 0.417. The lowest BCUT2D eigenvalue weighted by Crippen LogP contribution is -2.32. The second-order valence-corrected chi connectivity index (χ2v) is 4.65. The second-order valence-electron chi connectivity index (χ2n) is 4.24. The highest BCUT2D eigenvalue weighted by atomic mass is 35.5. The number of nitrogens with zero attached hydrogens (tertiary/aromatic N) is 1. The van der Waals surface area contributed by atoms with Gasteiger partial charge in [-0.15, -0.1) is 0 Å². The predicted molar refractivity (Wildman–Crippen MR) is 68.9 cm³/mol. The Morgan fingerprint density at radius 2 is 2.24 bits per heavy atom. The van der Waals surface area contributed by atoms with Crippen molar-refractivity contribution in [2.75, 3.05) is 7.05 Å². The van der Waals surface area contributed by atoms with Gasteiger partial charge in [-0.05, 0) is 31.7 Å². The average molecular weight is 258 g/mol. The molecule has 0 saturated heterocycles. The summed E-state index contributed by atoms with van der Waals surface area (Å²) >= 11 is 5.71. The lowest BCUT2D eigenvalue weighted by molar-refractivity contribution is 0.254. The minimum absolute atomic E-state index is 0.134. The summed E-state index contributed by atoms with van der Waals surface area (Å²) in [6, 6.07) is 4.85. The zero-order valence-electron chi connectivity index (χ0n) is 10.0. The van der Waals surface area contributed by atoms with Crippen molar-refractivity contribution in [3.05, 3.63) is 34.6 Å². The maximum Gasteiger partial charge on any atom is 0.141 e. The van der Waals surface area contributed by atoms with Crippen molar-refractivity contribution in [1.29, 1.82) is 5.41 Å². The number of halogens is 2. The molecule has 3 N–H and O–H groups in total. The molecule has 0 fully saturated rings.